The first-order valence-electron chi connectivity index (χ1n) is 8.34. The van der Waals surface area contributed by atoms with Crippen LogP contribution < -0.4 is 10.1 Å². The number of ether oxygens (including phenoxy) is 1. The van der Waals surface area contributed by atoms with Gasteiger partial charge in [0.1, 0.15) is 17.3 Å². The van der Waals surface area contributed by atoms with Crippen LogP contribution in [0.1, 0.15) is 11.1 Å². The molecule has 2 aromatic carbocycles. The van der Waals surface area contributed by atoms with Crippen LogP contribution in [0.15, 0.2) is 58.6 Å². The molecule has 0 aliphatic heterocycles. The van der Waals surface area contributed by atoms with E-state index < -0.39 is 33.7 Å². The lowest BCUT2D eigenvalue weighted by Gasteiger charge is -2.11. The molecule has 0 aliphatic rings. The zero-order valence-electron chi connectivity index (χ0n) is 15.5. The number of hydrogen-bond donors (Lipinski definition) is 2. The highest BCUT2D eigenvalue weighted by Crippen LogP contribution is 2.25. The molecule has 30 heavy (non-hydrogen) atoms. The lowest BCUT2D eigenvalue weighted by molar-refractivity contribution is -0.0597. The van der Waals surface area contributed by atoms with Crippen molar-refractivity contribution < 1.29 is 40.5 Å². The van der Waals surface area contributed by atoms with E-state index in [0.29, 0.717) is 0 Å². The van der Waals surface area contributed by atoms with Gasteiger partial charge in [-0.05, 0) is 43.3 Å². The summed E-state index contributed by atoms with van der Waals surface area (Å²) >= 11 is 0. The number of oxime groups is 1. The van der Waals surface area contributed by atoms with Crippen molar-refractivity contribution in [1.29, 1.82) is 0 Å². The average molecular weight is 446 g/mol. The highest BCUT2D eigenvalue weighted by Gasteiger charge is 2.38. The van der Waals surface area contributed by atoms with E-state index >= 15 is 0 Å². The van der Waals surface area contributed by atoms with E-state index in [1.807, 2.05) is 0 Å². The Kier molecular flexibility index (Phi) is 7.27. The Balaban J connectivity index is 2.17. The highest BCUT2D eigenvalue weighted by atomic mass is 32.2. The molecule has 0 saturated heterocycles. The van der Waals surface area contributed by atoms with Gasteiger partial charge in [-0.15, -0.1) is 0 Å². The average Bonchev–Trinajstić information content (AvgIpc) is 2.65. The van der Waals surface area contributed by atoms with E-state index in [1.54, 1.807) is 6.92 Å². The number of carboxylic acid groups (broad SMARTS) is 1. The molecule has 0 radical (unpaired) electrons. The maximum Gasteiger partial charge on any atom is 0.437 e. The third-order valence-corrected chi connectivity index (χ3v) is 4.70. The summed E-state index contributed by atoms with van der Waals surface area (Å²) in [5.41, 5.74) is -1.23. The fraction of sp³-hybridized carbons (Fsp3) is 0.222. The van der Waals surface area contributed by atoms with Crippen LogP contribution in [0.3, 0.4) is 0 Å². The maximum atomic E-state index is 13.4. The van der Waals surface area contributed by atoms with Crippen molar-refractivity contribution >= 4 is 21.9 Å². The summed E-state index contributed by atoms with van der Waals surface area (Å²) in [5.74, 6) is 0.181. The second-order valence-corrected chi connectivity index (χ2v) is 7.41. The van der Waals surface area contributed by atoms with Crippen LogP contribution in [0.5, 0.6) is 5.75 Å². The van der Waals surface area contributed by atoms with E-state index in [4.69, 9.17) is 9.84 Å². The van der Waals surface area contributed by atoms with Crippen molar-refractivity contribution in [2.24, 2.45) is 5.16 Å². The van der Waals surface area contributed by atoms with Crippen LogP contribution in [0.25, 0.3) is 0 Å². The zero-order chi connectivity index (χ0) is 22.4. The summed E-state index contributed by atoms with van der Waals surface area (Å²) in [5, 5.41) is 13.3. The number of nitrogens with one attached hydrogen (secondary N) is 1. The fourth-order valence-electron chi connectivity index (χ4n) is 2.14. The molecule has 0 fully saturated rings. The van der Waals surface area contributed by atoms with Crippen LogP contribution in [0, 0.1) is 6.92 Å². The topological polar surface area (TPSA) is 114 Å². The number of alkyl halides is 3. The standard InChI is InChI=1S/C18H17F3N2O6S/c1-12-2-8-15(9-3-12)30(26,27)29-23-16(18(19,20)21)13-4-6-14(7-5-13)28-11-10-22-17(24)25/h2-9,22H,10-11H2,1H3,(H,24,25). The molecule has 162 valence electrons. The molecule has 0 atom stereocenters. The molecule has 0 heterocycles. The Morgan fingerprint density at radius 3 is 2.23 bits per heavy atom. The summed E-state index contributed by atoms with van der Waals surface area (Å²) in [6.45, 7) is 1.66. The van der Waals surface area contributed by atoms with Gasteiger partial charge in [-0.1, -0.05) is 22.9 Å². The molecule has 12 heteroatoms. The molecule has 1 amide bonds. The van der Waals surface area contributed by atoms with E-state index in [-0.39, 0.29) is 23.8 Å². The van der Waals surface area contributed by atoms with Crippen LogP contribution in [0.4, 0.5) is 18.0 Å². The van der Waals surface area contributed by atoms with Crippen LogP contribution in [-0.2, 0) is 14.4 Å². The third-order valence-electron chi connectivity index (χ3n) is 3.58. The first kappa shape index (κ1) is 23.0. The summed E-state index contributed by atoms with van der Waals surface area (Å²) < 4.78 is 73.7. The molecule has 0 bridgehead atoms. The van der Waals surface area contributed by atoms with E-state index in [9.17, 15) is 26.4 Å². The number of carbonyl (C=O) groups is 1. The van der Waals surface area contributed by atoms with E-state index in [2.05, 4.69) is 14.8 Å². The molecule has 0 aliphatic carbocycles. The lowest BCUT2D eigenvalue weighted by Crippen LogP contribution is -2.26. The van der Waals surface area contributed by atoms with E-state index in [1.165, 1.54) is 36.4 Å². The van der Waals surface area contributed by atoms with Gasteiger partial charge in [0.25, 0.3) is 0 Å². The van der Waals surface area contributed by atoms with Crippen molar-refractivity contribution in [1.82, 2.24) is 5.32 Å². The SMILES string of the molecule is Cc1ccc(S(=O)(=O)ON=C(c2ccc(OCCNC(=O)O)cc2)C(F)(F)F)cc1. The van der Waals surface area contributed by atoms with Crippen molar-refractivity contribution in [3.05, 3.63) is 59.7 Å². The van der Waals surface area contributed by atoms with Gasteiger partial charge in [-0.2, -0.15) is 21.6 Å². The molecular formula is C18H17F3N2O6S. The van der Waals surface area contributed by atoms with Crippen molar-refractivity contribution in [3.8, 4) is 5.75 Å². The van der Waals surface area contributed by atoms with E-state index in [0.717, 1.165) is 17.7 Å². The largest absolute Gasteiger partial charge is 0.492 e. The maximum absolute atomic E-state index is 13.4. The molecule has 0 saturated carbocycles. The fourth-order valence-corrected chi connectivity index (χ4v) is 2.87. The lowest BCUT2D eigenvalue weighted by atomic mass is 10.1. The summed E-state index contributed by atoms with van der Waals surface area (Å²) in [6, 6.07) is 9.77. The molecule has 0 unspecified atom stereocenters. The number of amides is 1. The number of nitrogens with zero attached hydrogens (tertiary/aromatic N) is 1. The number of aryl methyl sites for hydroxylation is 1. The number of hydrogen-bond acceptors (Lipinski definition) is 6. The Morgan fingerprint density at radius 1 is 1.10 bits per heavy atom. The zero-order valence-corrected chi connectivity index (χ0v) is 16.3. The minimum Gasteiger partial charge on any atom is -0.492 e. The van der Waals surface area contributed by atoms with Gasteiger partial charge < -0.3 is 15.2 Å². The smallest absolute Gasteiger partial charge is 0.437 e. The Labute approximate surface area is 170 Å². The van der Waals surface area contributed by atoms with Crippen LogP contribution >= 0.6 is 0 Å². The second kappa shape index (κ2) is 9.48. The van der Waals surface area contributed by atoms with Crippen molar-refractivity contribution in [3.63, 3.8) is 0 Å². The van der Waals surface area contributed by atoms with Crippen LogP contribution in [0.2, 0.25) is 0 Å². The van der Waals surface area contributed by atoms with Crippen molar-refractivity contribution in [2.45, 2.75) is 18.0 Å². The molecular weight excluding hydrogens is 429 g/mol. The predicted molar refractivity (Wildman–Crippen MR) is 100 cm³/mol. The predicted octanol–water partition coefficient (Wildman–Crippen LogP) is 3.31. The molecule has 2 rings (SSSR count). The summed E-state index contributed by atoms with van der Waals surface area (Å²) in [4.78, 5) is 9.98. The Morgan fingerprint density at radius 2 is 1.70 bits per heavy atom. The quantitative estimate of drug-likeness (QED) is 0.365. The van der Waals surface area contributed by atoms with Gasteiger partial charge in [0, 0.05) is 5.56 Å². The number of benzene rings is 2. The number of rotatable bonds is 8. The van der Waals surface area contributed by atoms with Crippen LogP contribution in [-0.4, -0.2) is 44.7 Å². The number of halogens is 3. The monoisotopic (exact) mass is 446 g/mol. The first-order chi connectivity index (χ1) is 14.0. The van der Waals surface area contributed by atoms with Gasteiger partial charge >= 0.3 is 22.4 Å². The summed E-state index contributed by atoms with van der Waals surface area (Å²) in [7, 11) is -4.54. The van der Waals surface area contributed by atoms with Gasteiger partial charge in [-0.3, -0.25) is 4.28 Å². The molecule has 2 aromatic rings. The van der Waals surface area contributed by atoms with Gasteiger partial charge in [0.05, 0.1) is 6.54 Å². The molecule has 0 spiro atoms. The minimum absolute atomic E-state index is 0.0168. The minimum atomic E-state index is -4.99. The Hall–Kier alpha value is -3.28. The molecule has 8 nitrogen and oxygen atoms in total. The second-order valence-electron chi connectivity index (χ2n) is 5.88. The van der Waals surface area contributed by atoms with Gasteiger partial charge in [-0.25, -0.2) is 4.79 Å². The normalized spacial score (nSPS) is 12.3. The first-order valence-corrected chi connectivity index (χ1v) is 9.75. The molecule has 2 N–H and O–H groups in total. The third kappa shape index (κ3) is 6.65. The molecule has 0 aromatic heterocycles. The van der Waals surface area contributed by atoms with Gasteiger partial charge in [0.2, 0.25) is 0 Å². The van der Waals surface area contributed by atoms with Gasteiger partial charge in [0.15, 0.2) is 5.71 Å². The highest BCUT2D eigenvalue weighted by molar-refractivity contribution is 7.86. The summed E-state index contributed by atoms with van der Waals surface area (Å²) in [6.07, 6.45) is -6.23. The Bertz CT molecular complexity index is 1000. The van der Waals surface area contributed by atoms with Crippen molar-refractivity contribution in [2.75, 3.05) is 13.2 Å².